The van der Waals surface area contributed by atoms with Crippen LogP contribution in [0.3, 0.4) is 0 Å². The first-order valence-electron chi connectivity index (χ1n) is 6.16. The number of nitrogens with zero attached hydrogens (tertiary/aromatic N) is 1. The monoisotopic (exact) mass is 343 g/mol. The Labute approximate surface area is 129 Å². The fourth-order valence-corrected chi connectivity index (χ4v) is 2.78. The zero-order valence-corrected chi connectivity index (χ0v) is 12.4. The molecule has 2 aromatic carbocycles. The van der Waals surface area contributed by atoms with Crippen LogP contribution in [0.2, 0.25) is 0 Å². The molecule has 104 valence electrons. The summed E-state index contributed by atoms with van der Waals surface area (Å²) in [5.41, 5.74) is 2.45. The van der Waals surface area contributed by atoms with Gasteiger partial charge in [-0.3, -0.25) is 9.69 Å². The molecule has 0 aliphatic carbocycles. The molecule has 5 heteroatoms. The lowest BCUT2D eigenvalue weighted by atomic mass is 10.1. The Morgan fingerprint density at radius 2 is 1.81 bits per heavy atom. The minimum absolute atomic E-state index is 0.116. The van der Waals surface area contributed by atoms with Crippen LogP contribution in [0, 0.1) is 0 Å². The maximum atomic E-state index is 12.5. The second-order valence-corrected chi connectivity index (χ2v) is 5.46. The first-order chi connectivity index (χ1) is 10.0. The van der Waals surface area contributed by atoms with Crippen LogP contribution in [0.15, 0.2) is 53.5 Å². The molecule has 21 heavy (non-hydrogen) atoms. The van der Waals surface area contributed by atoms with E-state index in [9.17, 15) is 9.59 Å². The fourth-order valence-electron chi connectivity index (χ4n) is 2.36. The van der Waals surface area contributed by atoms with Gasteiger partial charge in [-0.25, -0.2) is 4.79 Å². The average molecular weight is 344 g/mol. The summed E-state index contributed by atoms with van der Waals surface area (Å²) in [7, 11) is 0. The summed E-state index contributed by atoms with van der Waals surface area (Å²) in [6.07, 6.45) is 0. The first-order valence-corrected chi connectivity index (χ1v) is 6.95. The lowest BCUT2D eigenvalue weighted by Crippen LogP contribution is -2.22. The molecule has 1 N–H and O–H groups in total. The normalized spacial score (nSPS) is 13.5. The van der Waals surface area contributed by atoms with Crippen molar-refractivity contribution in [3.05, 3.63) is 70.2 Å². The number of carbonyl (C=O) groups is 2. The number of hydrogen-bond donors (Lipinski definition) is 1. The van der Waals surface area contributed by atoms with E-state index in [4.69, 9.17) is 5.11 Å². The largest absolute Gasteiger partial charge is 0.478 e. The fraction of sp³-hybridized carbons (Fsp3) is 0. The van der Waals surface area contributed by atoms with Gasteiger partial charge in [-0.05, 0) is 40.2 Å². The van der Waals surface area contributed by atoms with Crippen molar-refractivity contribution in [2.24, 2.45) is 0 Å². The van der Waals surface area contributed by atoms with Crippen molar-refractivity contribution in [3.8, 4) is 0 Å². The zero-order valence-electron chi connectivity index (χ0n) is 10.8. The van der Waals surface area contributed by atoms with Gasteiger partial charge in [0.15, 0.2) is 0 Å². The van der Waals surface area contributed by atoms with Gasteiger partial charge in [-0.1, -0.05) is 24.8 Å². The van der Waals surface area contributed by atoms with Gasteiger partial charge in [-0.2, -0.15) is 0 Å². The molecule has 0 saturated heterocycles. The van der Waals surface area contributed by atoms with E-state index >= 15 is 0 Å². The molecule has 0 fully saturated rings. The summed E-state index contributed by atoms with van der Waals surface area (Å²) in [5, 5.41) is 9.11. The predicted octanol–water partition coefficient (Wildman–Crippen LogP) is 3.78. The van der Waals surface area contributed by atoms with E-state index in [2.05, 4.69) is 22.5 Å². The molecule has 3 rings (SSSR count). The lowest BCUT2D eigenvalue weighted by molar-refractivity contribution is 0.0696. The maximum Gasteiger partial charge on any atom is 0.335 e. The van der Waals surface area contributed by atoms with Crippen LogP contribution in [-0.2, 0) is 0 Å². The number of rotatable bonds is 2. The van der Waals surface area contributed by atoms with Crippen molar-refractivity contribution >= 4 is 39.2 Å². The second-order valence-electron chi connectivity index (χ2n) is 4.60. The molecule has 0 unspecified atom stereocenters. The van der Waals surface area contributed by atoms with Crippen LogP contribution in [0.4, 0.5) is 5.69 Å². The van der Waals surface area contributed by atoms with Gasteiger partial charge in [0.05, 0.1) is 16.9 Å². The molecule has 1 heterocycles. The molecule has 1 aliphatic rings. The number of carboxylic acids is 1. The standard InChI is InChI=1S/C16H10BrNO3/c1-9-11-4-2-3-5-12(11)15(19)18(9)14-8-10(16(20)21)6-7-13(14)17/h2-8H,1H2,(H,20,21). The minimum atomic E-state index is -1.04. The molecular weight excluding hydrogens is 334 g/mol. The van der Waals surface area contributed by atoms with E-state index in [1.54, 1.807) is 18.2 Å². The number of amides is 1. The minimum Gasteiger partial charge on any atom is -0.478 e. The van der Waals surface area contributed by atoms with Gasteiger partial charge in [-0.15, -0.1) is 0 Å². The van der Waals surface area contributed by atoms with Gasteiger partial charge in [0, 0.05) is 15.6 Å². The summed E-state index contributed by atoms with van der Waals surface area (Å²) in [6, 6.07) is 11.7. The van der Waals surface area contributed by atoms with Crippen LogP contribution in [0.1, 0.15) is 26.3 Å². The number of fused-ring (bicyclic) bond motifs is 1. The number of anilines is 1. The van der Waals surface area contributed by atoms with Crippen molar-refractivity contribution in [1.29, 1.82) is 0 Å². The first kappa shape index (κ1) is 13.6. The van der Waals surface area contributed by atoms with Gasteiger partial charge in [0.1, 0.15) is 0 Å². The van der Waals surface area contributed by atoms with Crippen LogP contribution >= 0.6 is 15.9 Å². The summed E-state index contributed by atoms with van der Waals surface area (Å²) in [5.74, 6) is -1.25. The Morgan fingerprint density at radius 1 is 1.14 bits per heavy atom. The van der Waals surface area contributed by atoms with E-state index in [1.165, 1.54) is 17.0 Å². The topological polar surface area (TPSA) is 57.6 Å². The molecule has 0 aromatic heterocycles. The highest BCUT2D eigenvalue weighted by Gasteiger charge is 2.33. The number of hydrogen-bond acceptors (Lipinski definition) is 2. The molecule has 4 nitrogen and oxygen atoms in total. The SMILES string of the molecule is C=C1c2ccccc2C(=O)N1c1cc(C(=O)O)ccc1Br. The molecule has 0 bridgehead atoms. The Balaban J connectivity index is 2.15. The number of carbonyl (C=O) groups excluding carboxylic acids is 1. The quantitative estimate of drug-likeness (QED) is 0.902. The Morgan fingerprint density at radius 3 is 2.43 bits per heavy atom. The highest BCUT2D eigenvalue weighted by Crippen LogP contribution is 2.39. The lowest BCUT2D eigenvalue weighted by Gasteiger charge is -2.19. The molecule has 0 saturated carbocycles. The van der Waals surface area contributed by atoms with E-state index in [0.29, 0.717) is 21.4 Å². The second kappa shape index (κ2) is 4.86. The summed E-state index contributed by atoms with van der Waals surface area (Å²) >= 11 is 3.36. The maximum absolute atomic E-state index is 12.5. The van der Waals surface area contributed by atoms with Crippen molar-refractivity contribution in [2.45, 2.75) is 0 Å². The van der Waals surface area contributed by atoms with Gasteiger partial charge in [0.25, 0.3) is 5.91 Å². The number of halogens is 1. The van der Waals surface area contributed by atoms with Crippen LogP contribution < -0.4 is 4.90 Å². The number of benzene rings is 2. The van der Waals surface area contributed by atoms with Crippen molar-refractivity contribution in [3.63, 3.8) is 0 Å². The molecule has 1 aliphatic heterocycles. The molecule has 0 atom stereocenters. The van der Waals surface area contributed by atoms with Gasteiger partial charge < -0.3 is 5.11 Å². The molecule has 0 spiro atoms. The van der Waals surface area contributed by atoms with E-state index < -0.39 is 5.97 Å². The third kappa shape index (κ3) is 2.06. The summed E-state index contributed by atoms with van der Waals surface area (Å²) in [6.45, 7) is 3.96. The zero-order chi connectivity index (χ0) is 15.1. The summed E-state index contributed by atoms with van der Waals surface area (Å²) in [4.78, 5) is 25.1. The van der Waals surface area contributed by atoms with Crippen molar-refractivity contribution in [1.82, 2.24) is 0 Å². The van der Waals surface area contributed by atoms with Gasteiger partial charge in [0.2, 0.25) is 0 Å². The van der Waals surface area contributed by atoms with Gasteiger partial charge >= 0.3 is 5.97 Å². The Hall–Kier alpha value is -2.40. The summed E-state index contributed by atoms with van der Waals surface area (Å²) < 4.78 is 0.634. The average Bonchev–Trinajstić information content (AvgIpc) is 2.72. The Bertz CT molecular complexity index is 763. The third-order valence-corrected chi connectivity index (χ3v) is 4.05. The van der Waals surface area contributed by atoms with Crippen LogP contribution in [-0.4, -0.2) is 17.0 Å². The molecule has 2 aromatic rings. The van der Waals surface area contributed by atoms with Crippen molar-refractivity contribution < 1.29 is 14.7 Å². The van der Waals surface area contributed by atoms with E-state index in [-0.39, 0.29) is 11.5 Å². The molecule has 0 radical (unpaired) electrons. The number of aromatic carboxylic acids is 1. The number of carboxylic acid groups (broad SMARTS) is 1. The van der Waals surface area contributed by atoms with E-state index in [1.807, 2.05) is 12.1 Å². The smallest absolute Gasteiger partial charge is 0.335 e. The van der Waals surface area contributed by atoms with Crippen molar-refractivity contribution in [2.75, 3.05) is 4.90 Å². The van der Waals surface area contributed by atoms with Crippen LogP contribution in [0.25, 0.3) is 5.70 Å². The Kier molecular flexibility index (Phi) is 3.14. The highest BCUT2D eigenvalue weighted by molar-refractivity contribution is 9.10. The van der Waals surface area contributed by atoms with Crippen LogP contribution in [0.5, 0.6) is 0 Å². The highest BCUT2D eigenvalue weighted by atomic mass is 79.9. The predicted molar refractivity (Wildman–Crippen MR) is 83.4 cm³/mol. The third-order valence-electron chi connectivity index (χ3n) is 3.38. The molecule has 1 amide bonds. The van der Waals surface area contributed by atoms with E-state index in [0.717, 1.165) is 5.56 Å². The molecular formula is C16H10BrNO3.